The van der Waals surface area contributed by atoms with Gasteiger partial charge in [-0.1, -0.05) is 6.92 Å². The van der Waals surface area contributed by atoms with E-state index in [0.717, 1.165) is 0 Å². The summed E-state index contributed by atoms with van der Waals surface area (Å²) < 4.78 is 0. The molecule has 0 aromatic carbocycles. The molecule has 0 saturated carbocycles. The lowest BCUT2D eigenvalue weighted by Gasteiger charge is -2.24. The smallest absolute Gasteiger partial charge is 0.323 e. The van der Waals surface area contributed by atoms with E-state index in [1.165, 1.54) is 11.7 Å². The third kappa shape index (κ3) is 1.24. The fourth-order valence-electron chi connectivity index (χ4n) is 0.586. The molecule has 1 aliphatic rings. The van der Waals surface area contributed by atoms with Crippen LogP contribution in [0.25, 0.3) is 0 Å². The summed E-state index contributed by atoms with van der Waals surface area (Å²) in [5, 5.41) is 3.77. The highest BCUT2D eigenvalue weighted by Gasteiger charge is 2.21. The van der Waals surface area contributed by atoms with E-state index in [1.807, 2.05) is 6.92 Å². The van der Waals surface area contributed by atoms with Gasteiger partial charge in [0.05, 0.1) is 0 Å². The molecule has 55 valence electrons. The maximum Gasteiger partial charge on any atom is 0.323 e. The molecule has 0 bridgehead atoms. The molecule has 1 aliphatic heterocycles. The van der Waals surface area contributed by atoms with Crippen LogP contribution in [0.2, 0.25) is 0 Å². The zero-order valence-corrected chi connectivity index (χ0v) is 5.55. The number of nitrogens with zero attached hydrogens (tertiary/aromatic N) is 1. The summed E-state index contributed by atoms with van der Waals surface area (Å²) >= 11 is 0. The molecule has 0 aromatic heterocycles. The molecule has 1 heterocycles. The third-order valence-corrected chi connectivity index (χ3v) is 1.14. The van der Waals surface area contributed by atoms with Gasteiger partial charge in [0.15, 0.2) is 0 Å². The van der Waals surface area contributed by atoms with Crippen molar-refractivity contribution in [3.63, 3.8) is 0 Å². The lowest BCUT2D eigenvalue weighted by molar-refractivity contribution is -0.144. The van der Waals surface area contributed by atoms with Crippen molar-refractivity contribution in [2.24, 2.45) is 0 Å². The maximum atomic E-state index is 10.6. The Labute approximate surface area is 58.3 Å². The number of rotatable bonds is 1. The first-order valence-electron chi connectivity index (χ1n) is 2.95. The van der Waals surface area contributed by atoms with Gasteiger partial charge in [-0.25, -0.2) is 0 Å². The van der Waals surface area contributed by atoms with Crippen molar-refractivity contribution in [2.45, 2.75) is 6.92 Å². The van der Waals surface area contributed by atoms with Gasteiger partial charge in [0.1, 0.15) is 6.67 Å². The molecule has 10 heavy (non-hydrogen) atoms. The van der Waals surface area contributed by atoms with Crippen LogP contribution >= 0.6 is 0 Å². The summed E-state index contributed by atoms with van der Waals surface area (Å²) in [7, 11) is 0. The largest absolute Gasteiger partial charge is 0.327 e. The monoisotopic (exact) mass is 142 g/mol. The zero-order valence-electron chi connectivity index (χ0n) is 5.55. The van der Waals surface area contributed by atoms with Crippen molar-refractivity contribution in [3.8, 4) is 0 Å². The highest BCUT2D eigenvalue weighted by Crippen LogP contribution is 1.89. The molecule has 0 spiro atoms. The fraction of sp³-hybridized carbons (Fsp3) is 0.400. The minimum Gasteiger partial charge on any atom is -0.327 e. The summed E-state index contributed by atoms with van der Waals surface area (Å²) in [6, 6.07) is 0. The fourth-order valence-corrected chi connectivity index (χ4v) is 0.586. The van der Waals surface area contributed by atoms with Crippen LogP contribution in [0.15, 0.2) is 0 Å². The summed E-state index contributed by atoms with van der Waals surface area (Å²) in [5.41, 5.74) is 2.34. The summed E-state index contributed by atoms with van der Waals surface area (Å²) in [6.45, 7) is 3.91. The van der Waals surface area contributed by atoms with Crippen molar-refractivity contribution in [1.82, 2.24) is 15.8 Å². The van der Waals surface area contributed by atoms with Gasteiger partial charge in [0.25, 0.3) is 0 Å². The van der Waals surface area contributed by atoms with Crippen molar-refractivity contribution in [1.29, 1.82) is 0 Å². The molecule has 2 amide bonds. The second-order valence-corrected chi connectivity index (χ2v) is 1.83. The Bertz CT molecular complexity index is 168. The standard InChI is InChI=1S/C5H8N3O2/c1-2-8-3-6-4(9)5(10)7-8/h3H,2H2,1H3,(H,6,9)(H,7,10). The number of amides is 2. The van der Waals surface area contributed by atoms with Crippen LogP contribution in [0.3, 0.4) is 0 Å². The van der Waals surface area contributed by atoms with Crippen LogP contribution in [0.4, 0.5) is 0 Å². The van der Waals surface area contributed by atoms with Gasteiger partial charge in [-0.15, -0.1) is 0 Å². The molecule has 5 nitrogen and oxygen atoms in total. The summed E-state index contributed by atoms with van der Waals surface area (Å²) in [4.78, 5) is 21.1. The lowest BCUT2D eigenvalue weighted by Crippen LogP contribution is -2.55. The number of hydrogen-bond acceptors (Lipinski definition) is 3. The van der Waals surface area contributed by atoms with E-state index in [2.05, 4.69) is 10.7 Å². The van der Waals surface area contributed by atoms with Crippen LogP contribution in [0, 0.1) is 6.67 Å². The average Bonchev–Trinajstić information content (AvgIpc) is 1.95. The molecule has 0 aromatic rings. The number of carbonyl (C=O) groups is 2. The molecule has 0 aliphatic carbocycles. The summed E-state index contributed by atoms with van der Waals surface area (Å²) in [6.07, 6.45) is 0. The van der Waals surface area contributed by atoms with E-state index in [0.29, 0.717) is 6.54 Å². The van der Waals surface area contributed by atoms with Crippen molar-refractivity contribution < 1.29 is 9.59 Å². The van der Waals surface area contributed by atoms with E-state index >= 15 is 0 Å². The quantitative estimate of drug-likeness (QED) is 0.442. The second kappa shape index (κ2) is 2.66. The Morgan fingerprint density at radius 1 is 1.50 bits per heavy atom. The molecule has 0 unspecified atom stereocenters. The third-order valence-electron chi connectivity index (χ3n) is 1.14. The Morgan fingerprint density at radius 3 is 2.70 bits per heavy atom. The first-order chi connectivity index (χ1) is 4.74. The molecule has 1 radical (unpaired) electrons. The Balaban J connectivity index is 2.48. The predicted octanol–water partition coefficient (Wildman–Crippen LogP) is -1.41. The SMILES string of the molecule is CCN1[CH]NC(=O)C(=O)N1. The molecule has 1 rings (SSSR count). The highest BCUT2D eigenvalue weighted by molar-refractivity contribution is 6.35. The van der Waals surface area contributed by atoms with E-state index in [4.69, 9.17) is 0 Å². The van der Waals surface area contributed by atoms with Gasteiger partial charge in [-0.3, -0.25) is 15.0 Å². The Morgan fingerprint density at radius 2 is 2.20 bits per heavy atom. The number of nitrogens with one attached hydrogen (secondary N) is 2. The second-order valence-electron chi connectivity index (χ2n) is 1.83. The Hall–Kier alpha value is -1.10. The first kappa shape index (κ1) is 7.01. The maximum absolute atomic E-state index is 10.6. The van der Waals surface area contributed by atoms with Crippen molar-refractivity contribution in [2.75, 3.05) is 6.54 Å². The van der Waals surface area contributed by atoms with Gasteiger partial charge in [-0.2, -0.15) is 5.01 Å². The van der Waals surface area contributed by atoms with Gasteiger partial charge in [-0.05, 0) is 0 Å². The molecule has 2 N–H and O–H groups in total. The predicted molar refractivity (Wildman–Crippen MR) is 33.0 cm³/mol. The Kier molecular flexibility index (Phi) is 1.86. The van der Waals surface area contributed by atoms with Crippen molar-refractivity contribution >= 4 is 11.8 Å². The normalized spacial score (nSPS) is 20.1. The minimum atomic E-state index is -0.621. The van der Waals surface area contributed by atoms with Crippen LogP contribution in [-0.4, -0.2) is 23.4 Å². The summed E-state index contributed by atoms with van der Waals surface area (Å²) in [5.74, 6) is -1.24. The molecule has 0 atom stereocenters. The number of hydrazine groups is 1. The van der Waals surface area contributed by atoms with Gasteiger partial charge in [0, 0.05) is 6.54 Å². The van der Waals surface area contributed by atoms with E-state index in [-0.39, 0.29) is 0 Å². The molecular weight excluding hydrogens is 134 g/mol. The number of carbonyl (C=O) groups excluding carboxylic acids is 2. The van der Waals surface area contributed by atoms with Crippen LogP contribution in [0.1, 0.15) is 6.92 Å². The molecular formula is C5H8N3O2. The number of hydrogen-bond donors (Lipinski definition) is 2. The van der Waals surface area contributed by atoms with E-state index < -0.39 is 11.8 Å². The first-order valence-corrected chi connectivity index (χ1v) is 2.95. The topological polar surface area (TPSA) is 61.4 Å². The zero-order chi connectivity index (χ0) is 7.56. The van der Waals surface area contributed by atoms with Crippen molar-refractivity contribution in [3.05, 3.63) is 6.67 Å². The molecule has 1 saturated heterocycles. The van der Waals surface area contributed by atoms with Crippen LogP contribution in [-0.2, 0) is 9.59 Å². The van der Waals surface area contributed by atoms with Gasteiger partial charge >= 0.3 is 11.8 Å². The van der Waals surface area contributed by atoms with E-state index in [9.17, 15) is 9.59 Å². The highest BCUT2D eigenvalue weighted by atomic mass is 16.2. The lowest BCUT2D eigenvalue weighted by atomic mass is 10.5. The van der Waals surface area contributed by atoms with Crippen LogP contribution in [0.5, 0.6) is 0 Å². The van der Waals surface area contributed by atoms with Crippen LogP contribution < -0.4 is 10.7 Å². The van der Waals surface area contributed by atoms with Gasteiger partial charge < -0.3 is 5.32 Å². The van der Waals surface area contributed by atoms with Gasteiger partial charge in [0.2, 0.25) is 0 Å². The van der Waals surface area contributed by atoms with E-state index in [1.54, 1.807) is 0 Å². The minimum absolute atomic E-state index is 0.621. The molecule has 1 fully saturated rings. The molecule has 5 heteroatoms. The average molecular weight is 142 g/mol.